The number of rotatable bonds is 7. The number of nitrogens with zero attached hydrogens (tertiary/aromatic N) is 3. The molecule has 1 aliphatic rings. The van der Waals surface area contributed by atoms with Crippen LogP contribution in [0.15, 0.2) is 18.3 Å². The van der Waals surface area contributed by atoms with E-state index < -0.39 is 0 Å². The number of nitrogens with one attached hydrogen (secondary N) is 2. The maximum Gasteiger partial charge on any atom is 0.157 e. The first-order valence-electron chi connectivity index (χ1n) is 9.03. The molecular formula is C19H27N5. The van der Waals surface area contributed by atoms with Gasteiger partial charge in [0.2, 0.25) is 0 Å². The lowest BCUT2D eigenvalue weighted by Gasteiger charge is -2.18. The molecule has 1 saturated carbocycles. The van der Waals surface area contributed by atoms with E-state index in [1.165, 1.54) is 0 Å². The van der Waals surface area contributed by atoms with Crippen molar-refractivity contribution < 1.29 is 0 Å². The van der Waals surface area contributed by atoms with Crippen LogP contribution in [0, 0.1) is 12.3 Å². The highest BCUT2D eigenvalue weighted by molar-refractivity contribution is 5.50. The van der Waals surface area contributed by atoms with E-state index in [0.29, 0.717) is 24.5 Å². The third-order valence-electron chi connectivity index (χ3n) is 5.06. The van der Waals surface area contributed by atoms with Crippen LogP contribution < -0.4 is 10.6 Å². The molecule has 2 N–H and O–H groups in total. The molecule has 0 saturated heterocycles. The Balaban J connectivity index is 1.79. The van der Waals surface area contributed by atoms with Crippen LogP contribution in [0.5, 0.6) is 0 Å². The summed E-state index contributed by atoms with van der Waals surface area (Å²) < 4.78 is 1.91. The maximum absolute atomic E-state index is 5.34. The number of anilines is 1. The second-order valence-corrected chi connectivity index (χ2v) is 6.62. The molecule has 1 aliphatic carbocycles. The van der Waals surface area contributed by atoms with Gasteiger partial charge >= 0.3 is 0 Å². The van der Waals surface area contributed by atoms with Crippen LogP contribution in [0.25, 0.3) is 5.65 Å². The molecule has 128 valence electrons. The van der Waals surface area contributed by atoms with Crippen LogP contribution in [0.3, 0.4) is 0 Å². The summed E-state index contributed by atoms with van der Waals surface area (Å²) in [6.07, 6.45) is 12.8. The molecule has 0 bridgehead atoms. The molecule has 0 spiro atoms. The smallest absolute Gasteiger partial charge is 0.157 e. The van der Waals surface area contributed by atoms with Crippen LogP contribution >= 0.6 is 0 Å². The fourth-order valence-electron chi connectivity index (χ4n) is 3.66. The molecule has 5 heteroatoms. The normalized spacial score (nSPS) is 20.6. The zero-order valence-corrected chi connectivity index (χ0v) is 14.6. The summed E-state index contributed by atoms with van der Waals surface area (Å²) in [4.78, 5) is 4.79. The Morgan fingerprint density at radius 2 is 2.12 bits per heavy atom. The van der Waals surface area contributed by atoms with Gasteiger partial charge in [-0.2, -0.15) is 9.61 Å². The molecule has 2 aromatic rings. The third-order valence-corrected chi connectivity index (χ3v) is 5.06. The fourth-order valence-corrected chi connectivity index (χ4v) is 3.66. The summed E-state index contributed by atoms with van der Waals surface area (Å²) in [6, 6.07) is 5.11. The van der Waals surface area contributed by atoms with Crippen molar-refractivity contribution in [2.75, 3.05) is 11.9 Å². The van der Waals surface area contributed by atoms with E-state index in [2.05, 4.69) is 41.6 Å². The highest BCUT2D eigenvalue weighted by Crippen LogP contribution is 2.27. The van der Waals surface area contributed by atoms with Crippen LogP contribution in [0.1, 0.15) is 57.6 Å². The van der Waals surface area contributed by atoms with Gasteiger partial charge < -0.3 is 10.6 Å². The van der Waals surface area contributed by atoms with Crippen LogP contribution in [-0.2, 0) is 0 Å². The van der Waals surface area contributed by atoms with E-state index >= 15 is 0 Å². The van der Waals surface area contributed by atoms with Crippen molar-refractivity contribution in [3.8, 4) is 12.3 Å². The second kappa shape index (κ2) is 7.67. The summed E-state index contributed by atoms with van der Waals surface area (Å²) in [7, 11) is 0. The lowest BCUT2D eigenvalue weighted by molar-refractivity contribution is 0.555. The molecule has 2 heterocycles. The van der Waals surface area contributed by atoms with E-state index in [1.807, 2.05) is 16.8 Å². The predicted molar refractivity (Wildman–Crippen MR) is 98.2 cm³/mol. The van der Waals surface area contributed by atoms with Crippen LogP contribution in [0.4, 0.5) is 5.82 Å². The number of terminal acetylenes is 1. The molecule has 0 radical (unpaired) electrons. The van der Waals surface area contributed by atoms with Crippen molar-refractivity contribution in [1.82, 2.24) is 19.9 Å². The molecule has 0 unspecified atom stereocenters. The average molecular weight is 325 g/mol. The molecule has 3 rings (SSSR count). The topological polar surface area (TPSA) is 54.2 Å². The predicted octanol–water partition coefficient (Wildman–Crippen LogP) is 3.19. The van der Waals surface area contributed by atoms with Gasteiger partial charge in [0, 0.05) is 35.8 Å². The van der Waals surface area contributed by atoms with Gasteiger partial charge in [0.15, 0.2) is 5.65 Å². The highest BCUT2D eigenvalue weighted by Gasteiger charge is 2.25. The van der Waals surface area contributed by atoms with Crippen molar-refractivity contribution in [3.05, 3.63) is 24.0 Å². The quantitative estimate of drug-likeness (QED) is 0.768. The Kier molecular flexibility index (Phi) is 5.37. The minimum Gasteiger partial charge on any atom is -0.367 e. The summed E-state index contributed by atoms with van der Waals surface area (Å²) in [5.74, 6) is 4.21. The zero-order chi connectivity index (χ0) is 16.9. The minimum absolute atomic E-state index is 0.449. The van der Waals surface area contributed by atoms with E-state index in [0.717, 1.165) is 49.3 Å². The first-order chi connectivity index (χ1) is 11.7. The zero-order valence-electron chi connectivity index (χ0n) is 14.6. The summed E-state index contributed by atoms with van der Waals surface area (Å²) in [5.41, 5.74) is 2.08. The SMILES string of the molecule is C#CCN[C@H]1CC[C@H](Nc2cc(C(CC)CC)nc3ccnn23)C1. The molecule has 0 aromatic carbocycles. The summed E-state index contributed by atoms with van der Waals surface area (Å²) in [6.45, 7) is 5.10. The fraction of sp³-hybridized carbons (Fsp3) is 0.579. The summed E-state index contributed by atoms with van der Waals surface area (Å²) >= 11 is 0. The first-order valence-corrected chi connectivity index (χ1v) is 9.03. The van der Waals surface area contributed by atoms with Gasteiger partial charge in [0.05, 0.1) is 12.7 Å². The van der Waals surface area contributed by atoms with E-state index in [1.54, 1.807) is 0 Å². The van der Waals surface area contributed by atoms with Crippen molar-refractivity contribution >= 4 is 11.5 Å². The number of hydrogen-bond donors (Lipinski definition) is 2. The minimum atomic E-state index is 0.449. The van der Waals surface area contributed by atoms with Crippen molar-refractivity contribution in [2.45, 2.75) is 64.0 Å². The molecule has 5 nitrogen and oxygen atoms in total. The lowest BCUT2D eigenvalue weighted by atomic mass is 9.99. The Morgan fingerprint density at radius 3 is 2.88 bits per heavy atom. The monoisotopic (exact) mass is 325 g/mol. The lowest BCUT2D eigenvalue weighted by Crippen LogP contribution is -2.28. The van der Waals surface area contributed by atoms with Crippen molar-refractivity contribution in [3.63, 3.8) is 0 Å². The third kappa shape index (κ3) is 3.54. The molecule has 0 amide bonds. The number of fused-ring (bicyclic) bond motifs is 1. The average Bonchev–Trinajstić information content (AvgIpc) is 3.23. The standard InChI is InChI=1S/C19H27N5/c1-4-10-20-15-7-8-16(12-15)22-19-13-17(14(5-2)6-3)23-18-9-11-21-24(18)19/h1,9,11,13-16,20,22H,5-8,10,12H2,2-3H3/t15-,16-/m0/s1. The van der Waals surface area contributed by atoms with Gasteiger partial charge in [0.1, 0.15) is 5.82 Å². The van der Waals surface area contributed by atoms with Crippen molar-refractivity contribution in [1.29, 1.82) is 0 Å². The largest absolute Gasteiger partial charge is 0.367 e. The van der Waals surface area contributed by atoms with Crippen LogP contribution in [-0.4, -0.2) is 33.2 Å². The number of aromatic nitrogens is 3. The first kappa shape index (κ1) is 16.8. The Hall–Kier alpha value is -2.06. The van der Waals surface area contributed by atoms with E-state index in [9.17, 15) is 0 Å². The Morgan fingerprint density at radius 1 is 1.33 bits per heavy atom. The molecule has 2 atom stereocenters. The van der Waals surface area contributed by atoms with Gasteiger partial charge in [-0.15, -0.1) is 6.42 Å². The Labute approximate surface area is 144 Å². The van der Waals surface area contributed by atoms with Gasteiger partial charge in [0.25, 0.3) is 0 Å². The molecule has 1 fully saturated rings. The molecule has 2 aromatic heterocycles. The maximum atomic E-state index is 5.34. The number of hydrogen-bond acceptors (Lipinski definition) is 4. The van der Waals surface area contributed by atoms with Gasteiger partial charge in [-0.3, -0.25) is 0 Å². The highest BCUT2D eigenvalue weighted by atomic mass is 15.3. The molecule has 24 heavy (non-hydrogen) atoms. The van der Waals surface area contributed by atoms with Crippen molar-refractivity contribution in [2.24, 2.45) is 0 Å². The van der Waals surface area contributed by atoms with E-state index in [4.69, 9.17) is 11.4 Å². The van der Waals surface area contributed by atoms with Gasteiger partial charge in [-0.25, -0.2) is 4.98 Å². The van der Waals surface area contributed by atoms with Gasteiger partial charge in [-0.05, 0) is 32.1 Å². The summed E-state index contributed by atoms with van der Waals surface area (Å²) in [5, 5.41) is 11.5. The molecule has 0 aliphatic heterocycles. The van der Waals surface area contributed by atoms with Gasteiger partial charge in [-0.1, -0.05) is 19.8 Å². The second-order valence-electron chi connectivity index (χ2n) is 6.62. The van der Waals surface area contributed by atoms with Crippen LogP contribution in [0.2, 0.25) is 0 Å². The van der Waals surface area contributed by atoms with E-state index in [-0.39, 0.29) is 0 Å². The molecular weight excluding hydrogens is 298 g/mol. The Bertz CT molecular complexity index is 710.